The molecule has 2 saturated heterocycles. The number of carboxylic acids is 1. The average Bonchev–Trinajstić information content (AvgIpc) is 3.84. The van der Waals surface area contributed by atoms with Crippen molar-refractivity contribution in [3.05, 3.63) is 119 Å². The number of rotatable bonds is 10. The summed E-state index contributed by atoms with van der Waals surface area (Å²) in [5, 5.41) is 26.0. The Morgan fingerprint density at radius 3 is 2.46 bits per heavy atom. The zero-order valence-corrected chi connectivity index (χ0v) is 25.1. The molecule has 232 valence electrons. The lowest BCUT2D eigenvalue weighted by Crippen LogP contribution is -2.57. The van der Waals surface area contributed by atoms with Gasteiger partial charge in [0.15, 0.2) is 0 Å². The third-order valence-corrected chi connectivity index (χ3v) is 9.89. The number of nitrogens with one attached hydrogen (secondary N) is 2. The number of amides is 2. The van der Waals surface area contributed by atoms with Gasteiger partial charge in [-0.15, -0.1) is 11.8 Å². The number of aromatic amines is 1. The normalized spacial score (nSPS) is 22.4. The fourth-order valence-corrected chi connectivity index (χ4v) is 7.59. The molecule has 3 N–H and O–H groups in total. The van der Waals surface area contributed by atoms with Crippen LogP contribution >= 0.6 is 11.8 Å². The molecule has 12 heteroatoms. The van der Waals surface area contributed by atoms with Gasteiger partial charge in [-0.3, -0.25) is 34.7 Å². The first kappa shape index (κ1) is 29.5. The molecule has 2 aliphatic rings. The lowest BCUT2D eigenvalue weighted by Gasteiger charge is -2.31. The lowest BCUT2D eigenvalue weighted by molar-refractivity contribution is -0.384. The molecule has 7 rings (SSSR count). The number of nitro benzene ring substituents is 1. The molecule has 3 aromatic carbocycles. The van der Waals surface area contributed by atoms with Crippen LogP contribution in [0.3, 0.4) is 0 Å². The maximum atomic E-state index is 14.1. The van der Waals surface area contributed by atoms with Crippen LogP contribution < -0.4 is 5.32 Å². The topological polar surface area (TPSA) is 159 Å². The molecule has 0 saturated carbocycles. The molecule has 0 spiro atoms. The summed E-state index contributed by atoms with van der Waals surface area (Å²) in [6.07, 6.45) is 1.69. The number of nitro groups is 1. The van der Waals surface area contributed by atoms with Crippen molar-refractivity contribution in [2.75, 3.05) is 12.3 Å². The van der Waals surface area contributed by atoms with E-state index < -0.39 is 46.1 Å². The number of thioether (sulfide) groups is 1. The average molecular weight is 637 g/mol. The van der Waals surface area contributed by atoms with Crippen molar-refractivity contribution in [2.24, 2.45) is 11.8 Å². The number of carboxylic acid groups (broad SMARTS) is 1. The summed E-state index contributed by atoms with van der Waals surface area (Å²) in [6.45, 7) is 0.131. The summed E-state index contributed by atoms with van der Waals surface area (Å²) >= 11 is 1.51. The predicted molar refractivity (Wildman–Crippen MR) is 170 cm³/mol. The van der Waals surface area contributed by atoms with Crippen LogP contribution in [0.5, 0.6) is 0 Å². The zero-order chi connectivity index (χ0) is 32.0. The lowest BCUT2D eigenvalue weighted by atomic mass is 9.76. The highest BCUT2D eigenvalue weighted by Gasteiger charge is 2.69. The van der Waals surface area contributed by atoms with Gasteiger partial charge in [0.05, 0.1) is 22.8 Å². The van der Waals surface area contributed by atoms with Crippen LogP contribution in [0, 0.1) is 22.0 Å². The minimum Gasteiger partial charge on any atom is -0.480 e. The highest BCUT2D eigenvalue weighted by molar-refractivity contribution is 7.99. The first-order valence-electron chi connectivity index (χ1n) is 14.7. The van der Waals surface area contributed by atoms with Gasteiger partial charge in [0, 0.05) is 58.4 Å². The predicted octanol–water partition coefficient (Wildman–Crippen LogP) is 5.44. The van der Waals surface area contributed by atoms with Crippen LogP contribution in [-0.4, -0.2) is 55.5 Å². The van der Waals surface area contributed by atoms with Crippen molar-refractivity contribution in [3.8, 4) is 11.3 Å². The Balaban J connectivity index is 1.25. The quantitative estimate of drug-likeness (QED) is 0.0785. The van der Waals surface area contributed by atoms with Crippen LogP contribution in [0.25, 0.3) is 22.2 Å². The van der Waals surface area contributed by atoms with Crippen LogP contribution in [0.2, 0.25) is 0 Å². The van der Waals surface area contributed by atoms with Gasteiger partial charge in [0.2, 0.25) is 11.8 Å². The minimum absolute atomic E-state index is 0.0500. The number of fused-ring (bicyclic) bond motifs is 2. The summed E-state index contributed by atoms with van der Waals surface area (Å²) in [4.78, 5) is 57.5. The van der Waals surface area contributed by atoms with E-state index in [1.165, 1.54) is 28.8 Å². The maximum Gasteiger partial charge on any atom is 0.325 e. The molecule has 0 radical (unpaired) electrons. The van der Waals surface area contributed by atoms with Crippen molar-refractivity contribution < 1.29 is 28.8 Å². The number of non-ortho nitro benzene ring substituents is 1. The van der Waals surface area contributed by atoms with Crippen molar-refractivity contribution in [1.82, 2.24) is 15.2 Å². The third kappa shape index (κ3) is 4.95. The molecule has 2 aliphatic heterocycles. The van der Waals surface area contributed by atoms with Gasteiger partial charge < -0.3 is 14.5 Å². The molecule has 2 amide bonds. The number of para-hydroxylation sites is 1. The highest BCUT2D eigenvalue weighted by Crippen LogP contribution is 2.51. The molecule has 4 heterocycles. The van der Waals surface area contributed by atoms with Gasteiger partial charge in [-0.05, 0) is 48.0 Å². The summed E-state index contributed by atoms with van der Waals surface area (Å²) in [6, 6.07) is 25.4. The molecule has 2 aromatic heterocycles. The van der Waals surface area contributed by atoms with E-state index in [1.807, 2.05) is 54.6 Å². The Labute approximate surface area is 266 Å². The number of hydrogen-bond donors (Lipinski definition) is 3. The SMILES string of the molecule is O=C1C2C(c3ccc(-c4ccc([N+](=O)[O-])cc4)o3)NC(Cc3c[nH]c4ccccc34)(C(=O)O)C2C(=O)N1CCSc1ccccc1. The smallest absolute Gasteiger partial charge is 0.325 e. The Morgan fingerprint density at radius 1 is 0.978 bits per heavy atom. The van der Waals surface area contributed by atoms with E-state index in [9.17, 15) is 29.6 Å². The van der Waals surface area contributed by atoms with E-state index in [4.69, 9.17) is 4.42 Å². The largest absolute Gasteiger partial charge is 0.480 e. The fraction of sp³-hybridized carbons (Fsp3) is 0.206. The standard InChI is InChI=1S/C34H28N4O7S/c39-31-28-29(32(40)37(31)16-17-46-23-6-2-1-3-7-23)34(33(41)42,18-21-19-35-25-9-5-4-8-24(21)25)36-30(28)27-15-14-26(45-27)20-10-12-22(13-11-20)38(43)44/h1-15,19,28-30,35-36H,16-18H2,(H,41,42). The van der Waals surface area contributed by atoms with Gasteiger partial charge in [0.1, 0.15) is 17.1 Å². The summed E-state index contributed by atoms with van der Waals surface area (Å²) < 4.78 is 6.18. The van der Waals surface area contributed by atoms with Crippen LogP contribution in [-0.2, 0) is 20.8 Å². The highest BCUT2D eigenvalue weighted by atomic mass is 32.2. The number of aliphatic carboxylic acids is 1. The minimum atomic E-state index is -1.81. The van der Waals surface area contributed by atoms with Crippen molar-refractivity contribution in [1.29, 1.82) is 0 Å². The van der Waals surface area contributed by atoms with E-state index in [0.717, 1.165) is 15.8 Å². The summed E-state index contributed by atoms with van der Waals surface area (Å²) in [7, 11) is 0. The molecular weight excluding hydrogens is 608 g/mol. The fourth-order valence-electron chi connectivity index (χ4n) is 6.73. The molecule has 2 fully saturated rings. The monoisotopic (exact) mass is 636 g/mol. The molecule has 5 aromatic rings. The second kappa shape index (κ2) is 11.6. The van der Waals surface area contributed by atoms with E-state index in [0.29, 0.717) is 28.4 Å². The van der Waals surface area contributed by atoms with Crippen molar-refractivity contribution in [3.63, 3.8) is 0 Å². The van der Waals surface area contributed by atoms with E-state index in [1.54, 1.807) is 30.5 Å². The van der Waals surface area contributed by atoms with E-state index >= 15 is 0 Å². The Hall–Kier alpha value is -5.20. The zero-order valence-electron chi connectivity index (χ0n) is 24.3. The van der Waals surface area contributed by atoms with E-state index in [-0.39, 0.29) is 18.7 Å². The Kier molecular flexibility index (Phi) is 7.46. The number of benzene rings is 3. The first-order chi connectivity index (χ1) is 22.3. The molecule has 4 atom stereocenters. The Bertz CT molecular complexity index is 1970. The maximum absolute atomic E-state index is 14.1. The number of furan rings is 1. The van der Waals surface area contributed by atoms with Gasteiger partial charge in [-0.25, -0.2) is 0 Å². The van der Waals surface area contributed by atoms with Crippen molar-refractivity contribution in [2.45, 2.75) is 22.9 Å². The van der Waals surface area contributed by atoms with E-state index in [2.05, 4.69) is 10.3 Å². The van der Waals surface area contributed by atoms with Crippen LogP contribution in [0.4, 0.5) is 5.69 Å². The molecule has 11 nitrogen and oxygen atoms in total. The summed E-state index contributed by atoms with van der Waals surface area (Å²) in [5.74, 6) is -3.28. The number of carbonyl (C=O) groups is 3. The van der Waals surface area contributed by atoms with Crippen LogP contribution in [0.15, 0.2) is 107 Å². The molecule has 46 heavy (non-hydrogen) atoms. The number of H-pyrrole nitrogens is 1. The second-order valence-corrected chi connectivity index (χ2v) is 12.6. The van der Waals surface area contributed by atoms with Gasteiger partial charge in [-0.2, -0.15) is 0 Å². The Morgan fingerprint density at radius 2 is 1.72 bits per heavy atom. The first-order valence-corrected chi connectivity index (χ1v) is 15.7. The molecular formula is C34H28N4O7S. The summed E-state index contributed by atoms with van der Waals surface area (Å²) in [5.41, 5.74) is 0.225. The van der Waals surface area contributed by atoms with Crippen molar-refractivity contribution >= 4 is 46.1 Å². The number of carbonyl (C=O) groups excluding carboxylic acids is 2. The van der Waals surface area contributed by atoms with Gasteiger partial charge in [-0.1, -0.05) is 36.4 Å². The molecule has 0 bridgehead atoms. The number of aromatic nitrogens is 1. The van der Waals surface area contributed by atoms with Gasteiger partial charge >= 0.3 is 5.97 Å². The van der Waals surface area contributed by atoms with Crippen LogP contribution in [0.1, 0.15) is 17.4 Å². The molecule has 4 unspecified atom stereocenters. The third-order valence-electron chi connectivity index (χ3n) is 8.89. The number of likely N-dealkylation sites (tertiary alicyclic amines) is 1. The van der Waals surface area contributed by atoms with Gasteiger partial charge in [0.25, 0.3) is 5.69 Å². The number of nitrogens with zero attached hydrogens (tertiary/aromatic N) is 2. The second-order valence-electron chi connectivity index (χ2n) is 11.4. The number of hydrogen-bond acceptors (Lipinski definition) is 8. The number of imide groups is 1. The molecule has 0 aliphatic carbocycles.